The first-order valence-corrected chi connectivity index (χ1v) is 8.26. The lowest BCUT2D eigenvalue weighted by atomic mass is 10.1. The highest BCUT2D eigenvalue weighted by atomic mass is 35.5. The standard InChI is InChI=1S/C11H23ClN2O3S/c1-13(8-5-7-12)18(15,16)14(2)10-11-6-3-4-9-17-11/h11H,3-10H2,1-2H3. The molecular weight excluding hydrogens is 276 g/mol. The number of nitrogens with zero attached hydrogens (tertiary/aromatic N) is 2. The molecule has 1 atom stereocenters. The van der Waals surface area contributed by atoms with E-state index in [2.05, 4.69) is 0 Å². The lowest BCUT2D eigenvalue weighted by Crippen LogP contribution is -2.44. The van der Waals surface area contributed by atoms with Gasteiger partial charge in [0.25, 0.3) is 10.2 Å². The largest absolute Gasteiger partial charge is 0.377 e. The van der Waals surface area contributed by atoms with Crippen LogP contribution in [0.25, 0.3) is 0 Å². The summed E-state index contributed by atoms with van der Waals surface area (Å²) in [5.41, 5.74) is 0. The van der Waals surface area contributed by atoms with Gasteiger partial charge < -0.3 is 4.74 Å². The molecule has 1 fully saturated rings. The molecule has 5 nitrogen and oxygen atoms in total. The van der Waals surface area contributed by atoms with Crippen LogP contribution in [-0.2, 0) is 14.9 Å². The number of hydrogen-bond donors (Lipinski definition) is 0. The summed E-state index contributed by atoms with van der Waals surface area (Å²) >= 11 is 5.58. The first kappa shape index (κ1) is 16.2. The van der Waals surface area contributed by atoms with E-state index in [0.717, 1.165) is 25.9 Å². The molecule has 1 heterocycles. The Morgan fingerprint density at radius 1 is 1.28 bits per heavy atom. The van der Waals surface area contributed by atoms with Crippen molar-refractivity contribution in [3.05, 3.63) is 0 Å². The third kappa shape index (κ3) is 4.66. The fourth-order valence-corrected chi connectivity index (χ4v) is 3.28. The minimum Gasteiger partial charge on any atom is -0.377 e. The van der Waals surface area contributed by atoms with E-state index in [1.165, 1.54) is 8.61 Å². The molecule has 7 heteroatoms. The van der Waals surface area contributed by atoms with E-state index < -0.39 is 10.2 Å². The zero-order valence-electron chi connectivity index (χ0n) is 11.1. The summed E-state index contributed by atoms with van der Waals surface area (Å²) in [5, 5.41) is 0. The molecule has 1 saturated heterocycles. The Morgan fingerprint density at radius 2 is 2.00 bits per heavy atom. The van der Waals surface area contributed by atoms with Crippen molar-refractivity contribution in [3.8, 4) is 0 Å². The van der Waals surface area contributed by atoms with Gasteiger partial charge in [0.05, 0.1) is 6.10 Å². The van der Waals surface area contributed by atoms with Crippen LogP contribution in [0.1, 0.15) is 25.7 Å². The van der Waals surface area contributed by atoms with Crippen LogP contribution in [0.4, 0.5) is 0 Å². The molecule has 0 N–H and O–H groups in total. The molecule has 1 rings (SSSR count). The van der Waals surface area contributed by atoms with Crippen molar-refractivity contribution in [1.29, 1.82) is 0 Å². The van der Waals surface area contributed by atoms with Gasteiger partial charge in [0.1, 0.15) is 0 Å². The summed E-state index contributed by atoms with van der Waals surface area (Å²) in [6.45, 7) is 1.61. The zero-order chi connectivity index (χ0) is 13.6. The second-order valence-electron chi connectivity index (χ2n) is 4.64. The van der Waals surface area contributed by atoms with Crippen LogP contribution in [-0.4, -0.2) is 62.8 Å². The van der Waals surface area contributed by atoms with E-state index in [9.17, 15) is 8.42 Å². The maximum absolute atomic E-state index is 12.2. The minimum atomic E-state index is -3.38. The third-order valence-corrected chi connectivity index (χ3v) is 5.30. The van der Waals surface area contributed by atoms with Crippen LogP contribution in [0.2, 0.25) is 0 Å². The molecule has 1 aliphatic heterocycles. The number of halogens is 1. The van der Waals surface area contributed by atoms with Crippen LogP contribution in [0.5, 0.6) is 0 Å². The lowest BCUT2D eigenvalue weighted by molar-refractivity contribution is 0.00805. The Bertz CT molecular complexity index is 331. The van der Waals surface area contributed by atoms with E-state index in [1.807, 2.05) is 0 Å². The maximum atomic E-state index is 12.2. The van der Waals surface area contributed by atoms with Gasteiger partial charge >= 0.3 is 0 Å². The average molecular weight is 299 g/mol. The summed E-state index contributed by atoms with van der Waals surface area (Å²) < 4.78 is 32.6. The Hall–Kier alpha value is 0.120. The molecule has 0 aromatic rings. The molecule has 0 aromatic heterocycles. The van der Waals surface area contributed by atoms with Crippen molar-refractivity contribution >= 4 is 21.8 Å². The highest BCUT2D eigenvalue weighted by molar-refractivity contribution is 7.86. The number of rotatable bonds is 7. The van der Waals surface area contributed by atoms with Gasteiger partial charge in [0.15, 0.2) is 0 Å². The molecule has 0 spiro atoms. The SMILES string of the molecule is CN(CCCCl)S(=O)(=O)N(C)CC1CCCCO1. The fraction of sp³-hybridized carbons (Fsp3) is 1.00. The van der Waals surface area contributed by atoms with Gasteiger partial charge in [-0.2, -0.15) is 17.0 Å². The molecule has 0 amide bonds. The van der Waals surface area contributed by atoms with Gasteiger partial charge in [0.2, 0.25) is 0 Å². The summed E-state index contributed by atoms with van der Waals surface area (Å²) in [6.07, 6.45) is 3.81. The molecule has 1 unspecified atom stereocenters. The normalized spacial score (nSPS) is 21.7. The van der Waals surface area contributed by atoms with E-state index >= 15 is 0 Å². The molecule has 0 saturated carbocycles. The number of alkyl halides is 1. The maximum Gasteiger partial charge on any atom is 0.281 e. The van der Waals surface area contributed by atoms with Gasteiger partial charge in [0, 0.05) is 39.7 Å². The quantitative estimate of drug-likeness (QED) is 0.666. The Balaban J connectivity index is 2.49. The van der Waals surface area contributed by atoms with E-state index in [0.29, 0.717) is 25.4 Å². The van der Waals surface area contributed by atoms with E-state index in [1.54, 1.807) is 14.1 Å². The smallest absolute Gasteiger partial charge is 0.281 e. The predicted molar refractivity (Wildman–Crippen MR) is 73.1 cm³/mol. The van der Waals surface area contributed by atoms with Crippen molar-refractivity contribution in [2.24, 2.45) is 0 Å². The summed E-state index contributed by atoms with van der Waals surface area (Å²) in [4.78, 5) is 0. The average Bonchev–Trinajstić information content (AvgIpc) is 2.36. The van der Waals surface area contributed by atoms with Crippen LogP contribution in [0.3, 0.4) is 0 Å². The van der Waals surface area contributed by atoms with Crippen molar-refractivity contribution in [3.63, 3.8) is 0 Å². The fourth-order valence-electron chi connectivity index (χ4n) is 1.97. The van der Waals surface area contributed by atoms with Crippen LogP contribution >= 0.6 is 11.6 Å². The van der Waals surface area contributed by atoms with E-state index in [4.69, 9.17) is 16.3 Å². The third-order valence-electron chi connectivity index (χ3n) is 3.13. The van der Waals surface area contributed by atoms with Crippen LogP contribution < -0.4 is 0 Å². The molecule has 0 aromatic carbocycles. The molecule has 0 radical (unpaired) electrons. The van der Waals surface area contributed by atoms with Crippen LogP contribution in [0, 0.1) is 0 Å². The molecule has 1 aliphatic rings. The Kier molecular flexibility index (Phi) is 6.87. The predicted octanol–water partition coefficient (Wildman–Crippen LogP) is 1.29. The molecule has 0 bridgehead atoms. The summed E-state index contributed by atoms with van der Waals surface area (Å²) in [6, 6.07) is 0. The highest BCUT2D eigenvalue weighted by Gasteiger charge is 2.26. The van der Waals surface area contributed by atoms with Crippen LogP contribution in [0.15, 0.2) is 0 Å². The molecule has 0 aliphatic carbocycles. The van der Waals surface area contributed by atoms with Gasteiger partial charge in [-0.25, -0.2) is 0 Å². The zero-order valence-corrected chi connectivity index (χ0v) is 12.7. The lowest BCUT2D eigenvalue weighted by Gasteiger charge is -2.29. The molecule has 108 valence electrons. The van der Waals surface area contributed by atoms with Gasteiger partial charge in [-0.1, -0.05) is 0 Å². The van der Waals surface area contributed by atoms with Crippen molar-refractivity contribution in [2.45, 2.75) is 31.8 Å². The summed E-state index contributed by atoms with van der Waals surface area (Å²) in [5.74, 6) is 0.468. The highest BCUT2D eigenvalue weighted by Crippen LogP contribution is 2.15. The monoisotopic (exact) mass is 298 g/mol. The number of likely N-dealkylation sites (N-methyl/N-ethyl adjacent to an activating group) is 1. The first-order chi connectivity index (χ1) is 8.48. The van der Waals surface area contributed by atoms with Crippen molar-refractivity contribution in [2.75, 3.05) is 39.7 Å². The number of hydrogen-bond acceptors (Lipinski definition) is 3. The first-order valence-electron chi connectivity index (χ1n) is 6.33. The topological polar surface area (TPSA) is 49.9 Å². The van der Waals surface area contributed by atoms with Gasteiger partial charge in [-0.3, -0.25) is 0 Å². The summed E-state index contributed by atoms with van der Waals surface area (Å²) in [7, 11) is -0.197. The van der Waals surface area contributed by atoms with Gasteiger partial charge in [-0.15, -0.1) is 11.6 Å². The van der Waals surface area contributed by atoms with Crippen molar-refractivity contribution < 1.29 is 13.2 Å². The second-order valence-corrected chi connectivity index (χ2v) is 7.16. The Labute approximate surface area is 115 Å². The minimum absolute atomic E-state index is 0.0277. The van der Waals surface area contributed by atoms with E-state index in [-0.39, 0.29) is 6.10 Å². The van der Waals surface area contributed by atoms with Crippen molar-refractivity contribution in [1.82, 2.24) is 8.61 Å². The number of ether oxygens (including phenoxy) is 1. The van der Waals surface area contributed by atoms with Gasteiger partial charge in [-0.05, 0) is 25.7 Å². The molecule has 18 heavy (non-hydrogen) atoms. The molecular formula is C11H23ClN2O3S. The second kappa shape index (κ2) is 7.65. The Morgan fingerprint density at radius 3 is 2.56 bits per heavy atom.